The molecule has 1 aromatic rings. The third kappa shape index (κ3) is 8.93. The number of nitrogens with one attached hydrogen (secondary N) is 2. The molecule has 0 aliphatic carbocycles. The molecular weight excluding hydrogens is 444 g/mol. The maximum Gasteiger partial charge on any atom is 0.422 e. The van der Waals surface area contributed by atoms with Crippen molar-refractivity contribution < 1.29 is 40.6 Å². The van der Waals surface area contributed by atoms with Crippen molar-refractivity contribution in [2.24, 2.45) is 4.99 Å². The summed E-state index contributed by atoms with van der Waals surface area (Å²) < 4.78 is 83.0. The van der Waals surface area contributed by atoms with Crippen molar-refractivity contribution in [2.45, 2.75) is 12.4 Å². The molecule has 1 aliphatic rings. The number of carbonyl (C=O) groups excluding carboxylic acids is 1. The molecule has 2 N–H and O–H groups in total. The predicted octanol–water partition coefficient (Wildman–Crippen LogP) is 4.91. The molecule has 0 atom stereocenters. The maximum atomic E-state index is 12.4. The molecule has 0 aromatic heterocycles. The number of amides is 2. The van der Waals surface area contributed by atoms with Crippen LogP contribution in [0.4, 0.5) is 36.8 Å². The summed E-state index contributed by atoms with van der Waals surface area (Å²) >= 11 is 5.72. The highest BCUT2D eigenvalue weighted by Crippen LogP contribution is 2.21. The van der Waals surface area contributed by atoms with E-state index in [2.05, 4.69) is 30.8 Å². The Balaban J connectivity index is 2.15. The van der Waals surface area contributed by atoms with Gasteiger partial charge >= 0.3 is 18.4 Å². The number of halogens is 7. The topological polar surface area (TPSA) is 72.0 Å². The van der Waals surface area contributed by atoms with Gasteiger partial charge in [-0.1, -0.05) is 17.3 Å². The first-order valence-corrected chi connectivity index (χ1v) is 8.27. The van der Waals surface area contributed by atoms with E-state index in [9.17, 15) is 31.1 Å². The summed E-state index contributed by atoms with van der Waals surface area (Å²) in [6, 6.07) is 5.11. The van der Waals surface area contributed by atoms with E-state index >= 15 is 0 Å². The van der Waals surface area contributed by atoms with Crippen LogP contribution in [0.5, 0.6) is 0 Å². The van der Waals surface area contributed by atoms with E-state index in [0.29, 0.717) is 16.8 Å². The molecule has 1 aliphatic heterocycles. The summed E-state index contributed by atoms with van der Waals surface area (Å²) in [6.07, 6.45) is -7.83. The number of amidine groups is 1. The lowest BCUT2D eigenvalue weighted by Crippen LogP contribution is -2.33. The molecule has 0 unspecified atom stereocenters. The van der Waals surface area contributed by atoms with Gasteiger partial charge in [0.1, 0.15) is 5.84 Å². The smallest absolute Gasteiger partial charge is 0.422 e. The summed E-state index contributed by atoms with van der Waals surface area (Å²) in [7, 11) is 0. The summed E-state index contributed by atoms with van der Waals surface area (Å²) in [5, 5.41) is 5.02. The van der Waals surface area contributed by atoms with Crippen LogP contribution >= 0.6 is 11.6 Å². The number of alkyl halides is 6. The van der Waals surface area contributed by atoms with Gasteiger partial charge in [-0.3, -0.25) is 5.32 Å². The first kappa shape index (κ1) is 23.2. The zero-order valence-corrected chi connectivity index (χ0v) is 15.5. The van der Waals surface area contributed by atoms with Crippen LogP contribution in [-0.4, -0.2) is 37.4 Å². The lowest BCUT2D eigenvalue weighted by atomic mass is 10.3. The number of urea groups is 1. The predicted molar refractivity (Wildman–Crippen MR) is 94.7 cm³/mol. The second-order valence-corrected chi connectivity index (χ2v) is 5.96. The molecule has 1 heterocycles. The van der Waals surface area contributed by atoms with Crippen LogP contribution in [0.1, 0.15) is 0 Å². The zero-order chi connectivity index (χ0) is 22.4. The van der Waals surface area contributed by atoms with Gasteiger partial charge in [-0.15, -0.1) is 0 Å². The molecule has 0 fully saturated rings. The number of carbonyl (C=O) groups is 1. The number of anilines is 1. The SMILES string of the molecule is O=C(NC1=NC(OCC(F)(F)F)=CC(OCC(F)(F)F)=C=C1)Nc1ccc(Cl)cc1. The second-order valence-electron chi connectivity index (χ2n) is 5.53. The molecule has 1 aromatic carbocycles. The average Bonchev–Trinajstić information content (AvgIpc) is 2.81. The number of rotatable bonds is 5. The van der Waals surface area contributed by atoms with Crippen LogP contribution in [0.15, 0.2) is 58.8 Å². The van der Waals surface area contributed by atoms with Crippen LogP contribution in [0.3, 0.4) is 0 Å². The average molecular weight is 456 g/mol. The van der Waals surface area contributed by atoms with Gasteiger partial charge in [0.05, 0.1) is 6.08 Å². The van der Waals surface area contributed by atoms with Crippen molar-refractivity contribution in [3.63, 3.8) is 0 Å². The van der Waals surface area contributed by atoms with E-state index in [1.807, 2.05) is 0 Å². The highest BCUT2D eigenvalue weighted by Gasteiger charge is 2.30. The second kappa shape index (κ2) is 9.59. The minimum absolute atomic E-state index is 0.337. The van der Waals surface area contributed by atoms with Gasteiger partial charge in [-0.05, 0) is 24.3 Å². The van der Waals surface area contributed by atoms with Gasteiger partial charge in [0.25, 0.3) is 0 Å². The fourth-order valence-electron chi connectivity index (χ4n) is 1.83. The van der Waals surface area contributed by atoms with Crippen LogP contribution in [0.2, 0.25) is 5.02 Å². The van der Waals surface area contributed by atoms with Gasteiger partial charge < -0.3 is 14.8 Å². The van der Waals surface area contributed by atoms with E-state index in [4.69, 9.17) is 11.6 Å². The third-order valence-corrected chi connectivity index (χ3v) is 3.21. The highest BCUT2D eigenvalue weighted by molar-refractivity contribution is 6.30. The Morgan fingerprint density at radius 2 is 1.60 bits per heavy atom. The van der Waals surface area contributed by atoms with Crippen LogP contribution in [0, 0.1) is 0 Å². The summed E-state index contributed by atoms with van der Waals surface area (Å²) in [6.45, 7) is -3.48. The van der Waals surface area contributed by atoms with Crippen LogP contribution in [-0.2, 0) is 9.47 Å². The van der Waals surface area contributed by atoms with E-state index in [1.54, 1.807) is 0 Å². The Labute approximate surface area is 170 Å². The van der Waals surface area contributed by atoms with E-state index in [0.717, 1.165) is 6.08 Å². The minimum Gasteiger partial charge on any atom is -0.476 e. The fraction of sp³-hybridized carbons (Fsp3) is 0.235. The number of nitrogens with zero attached hydrogens (tertiary/aromatic N) is 1. The first-order valence-electron chi connectivity index (χ1n) is 7.89. The third-order valence-electron chi connectivity index (χ3n) is 2.96. The molecule has 0 bridgehead atoms. The largest absolute Gasteiger partial charge is 0.476 e. The van der Waals surface area contributed by atoms with E-state index < -0.39 is 43.2 Å². The normalized spacial score (nSPS) is 14.2. The Bertz CT molecular complexity index is 901. The Hall–Kier alpha value is -3.11. The number of aliphatic imine (C=N–C) groups is 1. The van der Waals surface area contributed by atoms with Gasteiger partial charge in [0, 0.05) is 16.8 Å². The van der Waals surface area contributed by atoms with Gasteiger partial charge in [-0.2, -0.15) is 31.3 Å². The summed E-state index contributed by atoms with van der Waals surface area (Å²) in [5.74, 6) is -1.70. The quantitative estimate of drug-likeness (QED) is 0.489. The van der Waals surface area contributed by atoms with E-state index in [1.165, 1.54) is 24.3 Å². The lowest BCUT2D eigenvalue weighted by Gasteiger charge is -2.11. The van der Waals surface area contributed by atoms with Crippen LogP contribution < -0.4 is 10.6 Å². The van der Waals surface area contributed by atoms with Crippen molar-refractivity contribution in [3.8, 4) is 0 Å². The van der Waals surface area contributed by atoms with Gasteiger partial charge in [0.2, 0.25) is 5.88 Å². The number of hydrogen-bond acceptors (Lipinski definition) is 4. The van der Waals surface area contributed by atoms with Gasteiger partial charge in [-0.25, -0.2) is 4.79 Å². The molecule has 0 saturated carbocycles. The fourth-order valence-corrected chi connectivity index (χ4v) is 1.95. The Morgan fingerprint density at radius 1 is 1.00 bits per heavy atom. The summed E-state index contributed by atoms with van der Waals surface area (Å²) in [5.41, 5.74) is 2.59. The van der Waals surface area contributed by atoms with Gasteiger partial charge in [0.15, 0.2) is 19.0 Å². The van der Waals surface area contributed by atoms with Crippen molar-refractivity contribution >= 4 is 29.2 Å². The minimum atomic E-state index is -4.73. The highest BCUT2D eigenvalue weighted by atomic mass is 35.5. The molecular formula is C17H12ClF6N3O3. The lowest BCUT2D eigenvalue weighted by molar-refractivity contribution is -0.165. The standard InChI is InChI=1S/C17H12ClF6N3O3/c18-10-1-3-11(4-2-10)25-15(28)27-13-6-5-12(29-8-16(19,20)21)7-14(26-13)30-9-17(22,23)24/h1-4,6-7H,8-9H2,(H2,25,26,27,28). The molecule has 13 heteroatoms. The van der Waals surface area contributed by atoms with Crippen molar-refractivity contribution in [1.29, 1.82) is 0 Å². The number of hydrogen-bond donors (Lipinski definition) is 2. The summed E-state index contributed by atoms with van der Waals surface area (Å²) in [4.78, 5) is 15.7. The van der Waals surface area contributed by atoms with Crippen molar-refractivity contribution in [3.05, 3.63) is 58.8 Å². The molecule has 6 nitrogen and oxygen atoms in total. The van der Waals surface area contributed by atoms with E-state index in [-0.39, 0.29) is 5.84 Å². The van der Waals surface area contributed by atoms with Crippen LogP contribution in [0.25, 0.3) is 0 Å². The van der Waals surface area contributed by atoms with Crippen molar-refractivity contribution in [2.75, 3.05) is 18.5 Å². The molecule has 2 rings (SSSR count). The Morgan fingerprint density at radius 3 is 2.20 bits per heavy atom. The monoisotopic (exact) mass is 455 g/mol. The Kier molecular flexibility index (Phi) is 7.41. The maximum absolute atomic E-state index is 12.4. The number of benzene rings is 1. The first-order chi connectivity index (χ1) is 13.9. The number of ether oxygens (including phenoxy) is 2. The molecule has 162 valence electrons. The molecule has 0 spiro atoms. The molecule has 30 heavy (non-hydrogen) atoms. The molecule has 2 amide bonds. The molecule has 0 saturated heterocycles. The zero-order valence-electron chi connectivity index (χ0n) is 14.7. The molecule has 0 radical (unpaired) electrons. The van der Waals surface area contributed by atoms with Crippen molar-refractivity contribution in [1.82, 2.24) is 5.32 Å².